The van der Waals surface area contributed by atoms with Gasteiger partial charge in [-0.3, -0.25) is 0 Å². The fraction of sp³-hybridized carbons (Fsp3) is 0.375. The van der Waals surface area contributed by atoms with Gasteiger partial charge in [0.25, 0.3) is 0 Å². The first kappa shape index (κ1) is 23.0. The highest BCUT2D eigenvalue weighted by molar-refractivity contribution is 8.02. The fourth-order valence-electron chi connectivity index (χ4n) is 4.01. The van der Waals surface area contributed by atoms with Crippen LogP contribution in [0.25, 0.3) is 11.1 Å². The highest BCUT2D eigenvalue weighted by Gasteiger charge is 2.39. The van der Waals surface area contributed by atoms with E-state index in [9.17, 15) is 19.5 Å². The molecule has 0 aromatic heterocycles. The Hall–Kier alpha value is -3.20. The van der Waals surface area contributed by atoms with Crippen LogP contribution in [0.2, 0.25) is 0 Å². The number of hydrogen-bond acceptors (Lipinski definition) is 5. The molecule has 2 aliphatic rings. The van der Waals surface area contributed by atoms with Gasteiger partial charge in [0.15, 0.2) is 0 Å². The van der Waals surface area contributed by atoms with E-state index < -0.39 is 39.0 Å². The van der Waals surface area contributed by atoms with E-state index in [1.807, 2.05) is 48.5 Å². The van der Waals surface area contributed by atoms with E-state index in [4.69, 9.17) is 9.47 Å². The molecular weight excluding hydrogens is 444 g/mol. The first-order chi connectivity index (χ1) is 15.6. The van der Waals surface area contributed by atoms with Crippen LogP contribution in [0.5, 0.6) is 0 Å². The lowest BCUT2D eigenvalue weighted by Crippen LogP contribution is -2.57. The molecule has 4 rings (SSSR count). The molecule has 0 radical (unpaired) electrons. The van der Waals surface area contributed by atoms with Gasteiger partial charge in [-0.05, 0) is 43.0 Å². The van der Waals surface area contributed by atoms with Gasteiger partial charge in [0.05, 0.1) is 5.25 Å². The van der Waals surface area contributed by atoms with Gasteiger partial charge >= 0.3 is 17.5 Å². The predicted molar refractivity (Wildman–Crippen MR) is 124 cm³/mol. The summed E-state index contributed by atoms with van der Waals surface area (Å²) in [6.45, 7) is 5.69. The number of carbonyl (C=O) groups excluding carboxylic acids is 2. The third-order valence-corrected chi connectivity index (χ3v) is 7.14. The highest BCUT2D eigenvalue weighted by atomic mass is 32.2. The quantitative estimate of drug-likeness (QED) is 0.674. The van der Waals surface area contributed by atoms with Gasteiger partial charge in [0, 0.05) is 29.7 Å². The second-order valence-electron chi connectivity index (χ2n) is 8.98. The molecule has 9 heteroatoms. The van der Waals surface area contributed by atoms with Crippen molar-refractivity contribution in [2.75, 3.05) is 19.7 Å². The van der Waals surface area contributed by atoms with Crippen molar-refractivity contribution in [1.29, 1.82) is 0 Å². The first-order valence-corrected chi connectivity index (χ1v) is 11.9. The lowest BCUT2D eigenvalue weighted by molar-refractivity contribution is 0.0142. The fourth-order valence-corrected chi connectivity index (χ4v) is 5.38. The Kier molecular flexibility index (Phi) is 6.25. The van der Waals surface area contributed by atoms with Gasteiger partial charge in [0.2, 0.25) is 0 Å². The van der Waals surface area contributed by atoms with E-state index in [-0.39, 0.29) is 25.6 Å². The topological polar surface area (TPSA) is 106 Å². The van der Waals surface area contributed by atoms with Crippen LogP contribution in [-0.2, 0) is 20.2 Å². The highest BCUT2D eigenvalue weighted by Crippen LogP contribution is 2.44. The molecule has 33 heavy (non-hydrogen) atoms. The number of rotatable bonds is 3. The van der Waals surface area contributed by atoms with Gasteiger partial charge in [-0.15, -0.1) is 4.36 Å². The second kappa shape index (κ2) is 8.97. The van der Waals surface area contributed by atoms with Gasteiger partial charge in [-0.1, -0.05) is 48.5 Å². The van der Waals surface area contributed by atoms with E-state index in [0.29, 0.717) is 0 Å². The van der Waals surface area contributed by atoms with E-state index in [1.54, 1.807) is 20.8 Å². The number of fused-ring (bicyclic) bond motifs is 3. The molecule has 1 N–H and O–H groups in total. The summed E-state index contributed by atoms with van der Waals surface area (Å²) >= 11 is 0. The average molecular weight is 471 g/mol. The number of hydrogen-bond donors (Lipinski definition) is 1. The van der Waals surface area contributed by atoms with Crippen LogP contribution in [0, 0.1) is 0 Å². The molecule has 2 amide bonds. The molecule has 1 aliphatic carbocycles. The molecule has 1 aliphatic heterocycles. The Bertz CT molecular complexity index is 1090. The summed E-state index contributed by atoms with van der Waals surface area (Å²) in [6, 6.07) is 15.9. The van der Waals surface area contributed by atoms with Gasteiger partial charge in [-0.25, -0.2) is 14.4 Å². The number of amides is 2. The van der Waals surface area contributed by atoms with Crippen molar-refractivity contribution < 1.29 is 29.0 Å². The maximum Gasteiger partial charge on any atom is 0.440 e. The standard InChI is InChI=1S/C24H26N2O6S/c1-24(2,3)32-22(28)26-12-15(13-26)33(23(29)30)25-21(27)31-14-20-18-10-6-4-8-16(18)17-9-5-7-11-19(17)20/h4-11,15,20H,12-14H2,1-3H3,(H,29,30)/t33-/m0/s1. The van der Waals surface area contributed by atoms with Crippen molar-refractivity contribution in [2.24, 2.45) is 4.36 Å². The zero-order chi connectivity index (χ0) is 23.8. The molecular formula is C24H26N2O6S. The molecule has 8 nitrogen and oxygen atoms in total. The summed E-state index contributed by atoms with van der Waals surface area (Å²) in [5, 5.41) is 7.94. The summed E-state index contributed by atoms with van der Waals surface area (Å²) in [4.78, 5) is 37.7. The van der Waals surface area contributed by atoms with Crippen molar-refractivity contribution in [3.8, 4) is 11.1 Å². The van der Waals surface area contributed by atoms with Crippen molar-refractivity contribution in [3.63, 3.8) is 0 Å². The molecule has 174 valence electrons. The Morgan fingerprint density at radius 1 is 1.03 bits per heavy atom. The zero-order valence-corrected chi connectivity index (χ0v) is 19.5. The van der Waals surface area contributed by atoms with Crippen molar-refractivity contribution in [1.82, 2.24) is 4.90 Å². The molecule has 0 bridgehead atoms. The van der Waals surface area contributed by atoms with Crippen LogP contribution in [0.4, 0.5) is 14.4 Å². The van der Waals surface area contributed by atoms with Crippen molar-refractivity contribution in [3.05, 3.63) is 59.7 Å². The van der Waals surface area contributed by atoms with Crippen LogP contribution < -0.4 is 0 Å². The summed E-state index contributed by atoms with van der Waals surface area (Å²) in [5.74, 6) is -0.130. The average Bonchev–Trinajstić information content (AvgIpc) is 3.03. The summed E-state index contributed by atoms with van der Waals surface area (Å²) in [7, 11) is -1.60. The van der Waals surface area contributed by atoms with Crippen LogP contribution >= 0.6 is 0 Å². The smallest absolute Gasteiger partial charge is 0.440 e. The lowest BCUT2D eigenvalue weighted by atomic mass is 9.98. The Morgan fingerprint density at radius 2 is 1.58 bits per heavy atom. The monoisotopic (exact) mass is 470 g/mol. The summed E-state index contributed by atoms with van der Waals surface area (Å²) in [6.07, 6.45) is -1.41. The number of carboxylic acid groups (broad SMARTS) is 1. The van der Waals surface area contributed by atoms with E-state index in [2.05, 4.69) is 4.36 Å². The van der Waals surface area contributed by atoms with E-state index in [0.717, 1.165) is 22.3 Å². The number of likely N-dealkylation sites (tertiary alicyclic amines) is 1. The second-order valence-corrected chi connectivity index (χ2v) is 10.8. The molecule has 1 heterocycles. The van der Waals surface area contributed by atoms with E-state index >= 15 is 0 Å². The lowest BCUT2D eigenvalue weighted by Gasteiger charge is -2.39. The Morgan fingerprint density at radius 3 is 2.09 bits per heavy atom. The molecule has 1 atom stereocenters. The third-order valence-electron chi connectivity index (χ3n) is 5.50. The minimum absolute atomic E-state index is 0.0713. The molecule has 0 spiro atoms. The SMILES string of the molecule is CC(C)(C)OC(=O)N1CC(/[S@](=N/C(=O)OCC2c3ccccc3-c3ccccc32)C(=O)O)C1. The minimum atomic E-state index is -1.60. The van der Waals surface area contributed by atoms with Crippen LogP contribution in [0.15, 0.2) is 52.9 Å². The van der Waals surface area contributed by atoms with Crippen LogP contribution in [0.3, 0.4) is 0 Å². The largest absolute Gasteiger partial charge is 0.472 e. The molecule has 0 unspecified atom stereocenters. The van der Waals surface area contributed by atoms with Gasteiger partial charge < -0.3 is 19.5 Å². The van der Waals surface area contributed by atoms with E-state index in [1.165, 1.54) is 4.90 Å². The molecule has 2 aromatic carbocycles. The third kappa shape index (κ3) is 4.93. The zero-order valence-electron chi connectivity index (χ0n) is 18.7. The minimum Gasteiger partial charge on any atom is -0.472 e. The van der Waals surface area contributed by atoms with Crippen LogP contribution in [0.1, 0.15) is 37.8 Å². The maximum atomic E-state index is 12.4. The van der Waals surface area contributed by atoms with Gasteiger partial charge in [0.1, 0.15) is 12.2 Å². The Balaban J connectivity index is 1.41. The number of ether oxygens (including phenoxy) is 2. The van der Waals surface area contributed by atoms with Crippen molar-refractivity contribution >= 4 is 28.2 Å². The number of nitrogens with zero attached hydrogens (tertiary/aromatic N) is 2. The molecule has 2 aromatic rings. The van der Waals surface area contributed by atoms with Gasteiger partial charge in [-0.2, -0.15) is 0 Å². The maximum absolute atomic E-state index is 12.4. The van der Waals surface area contributed by atoms with Crippen LogP contribution in [-0.4, -0.2) is 58.0 Å². The Labute approximate surface area is 194 Å². The number of carbonyl (C=O) groups is 3. The number of benzene rings is 2. The predicted octanol–water partition coefficient (Wildman–Crippen LogP) is 5.03. The molecule has 1 fully saturated rings. The summed E-state index contributed by atoms with van der Waals surface area (Å²) < 4.78 is 14.5. The summed E-state index contributed by atoms with van der Waals surface area (Å²) in [5.41, 5.74) is 3.70. The molecule has 0 saturated carbocycles. The normalized spacial score (nSPS) is 16.5. The van der Waals surface area contributed by atoms with Crippen molar-refractivity contribution in [2.45, 2.75) is 37.5 Å². The molecule has 1 saturated heterocycles. The first-order valence-electron chi connectivity index (χ1n) is 10.6.